The molecule has 2 N–H and O–H groups in total. The summed E-state index contributed by atoms with van der Waals surface area (Å²) in [6.45, 7) is 3.14. The number of nitrogens with two attached hydrogens (primary N) is 1. The molecule has 2 saturated heterocycles. The molecule has 2 aliphatic heterocycles. The third-order valence-electron chi connectivity index (χ3n) is 3.48. The minimum Gasteiger partial charge on any atom is -0.362 e. The highest BCUT2D eigenvalue weighted by atomic mass is 35.5. The summed E-state index contributed by atoms with van der Waals surface area (Å²) in [7, 11) is 0. The van der Waals surface area contributed by atoms with Gasteiger partial charge in [-0.25, -0.2) is 4.39 Å². The van der Waals surface area contributed by atoms with E-state index in [9.17, 15) is 4.39 Å². The van der Waals surface area contributed by atoms with Crippen LogP contribution in [-0.4, -0.2) is 25.7 Å². The molecule has 2 aliphatic rings. The van der Waals surface area contributed by atoms with Crippen LogP contribution < -0.4 is 10.2 Å². The van der Waals surface area contributed by atoms with Gasteiger partial charge in [0.2, 0.25) is 0 Å². The van der Waals surface area contributed by atoms with E-state index >= 15 is 0 Å². The van der Waals surface area contributed by atoms with Crippen LogP contribution in [0.5, 0.6) is 0 Å². The number of fused-ring (bicyclic) bond motifs is 1. The second-order valence-corrected chi connectivity index (χ2v) is 4.83. The molecule has 4 heteroatoms. The number of nitrogens with zero attached hydrogens (tertiary/aromatic N) is 1. The Hall–Kier alpha value is -0.800. The van der Waals surface area contributed by atoms with Crippen molar-refractivity contribution in [3.05, 3.63) is 29.0 Å². The van der Waals surface area contributed by atoms with Crippen LogP contribution in [0, 0.1) is 11.7 Å². The van der Waals surface area contributed by atoms with Gasteiger partial charge in [-0.1, -0.05) is 11.6 Å². The number of hydrogen-bond donors (Lipinski definition) is 1. The molecule has 2 heterocycles. The molecule has 0 radical (unpaired) electrons. The second kappa shape index (κ2) is 3.35. The predicted octanol–water partition coefficient (Wildman–Crippen LogP) is 0.861. The summed E-state index contributed by atoms with van der Waals surface area (Å²) in [5, 5.41) is 2.79. The lowest BCUT2D eigenvalue weighted by atomic mass is 9.96. The minimum absolute atomic E-state index is 0.205. The zero-order valence-corrected chi connectivity index (χ0v) is 9.04. The summed E-state index contributed by atoms with van der Waals surface area (Å²) in [4.78, 5) is 2.13. The first-order chi connectivity index (χ1) is 7.24. The Morgan fingerprint density at radius 1 is 1.40 bits per heavy atom. The average Bonchev–Trinajstić information content (AvgIpc) is 2.44. The van der Waals surface area contributed by atoms with E-state index in [0.29, 0.717) is 16.8 Å². The normalized spacial score (nSPS) is 28.8. The van der Waals surface area contributed by atoms with Crippen LogP contribution in [0.25, 0.3) is 0 Å². The Labute approximate surface area is 93.0 Å². The summed E-state index contributed by atoms with van der Waals surface area (Å²) < 4.78 is 13.6. The van der Waals surface area contributed by atoms with Crippen molar-refractivity contribution >= 4 is 17.3 Å². The first-order valence-corrected chi connectivity index (χ1v) is 5.65. The fourth-order valence-corrected chi connectivity index (χ4v) is 2.66. The van der Waals surface area contributed by atoms with Crippen LogP contribution in [0.3, 0.4) is 0 Å². The van der Waals surface area contributed by atoms with Gasteiger partial charge in [0, 0.05) is 11.6 Å². The van der Waals surface area contributed by atoms with E-state index in [0.717, 1.165) is 19.0 Å². The molecule has 2 atom stereocenters. The zero-order chi connectivity index (χ0) is 10.4. The molecular weight excluding hydrogens is 215 g/mol. The number of quaternary nitrogens is 1. The highest BCUT2D eigenvalue weighted by Crippen LogP contribution is 2.28. The van der Waals surface area contributed by atoms with E-state index in [4.69, 9.17) is 11.6 Å². The number of benzene rings is 1. The van der Waals surface area contributed by atoms with Crippen molar-refractivity contribution in [3.63, 3.8) is 0 Å². The van der Waals surface area contributed by atoms with Gasteiger partial charge in [0.25, 0.3) is 0 Å². The van der Waals surface area contributed by atoms with E-state index in [1.807, 2.05) is 0 Å². The van der Waals surface area contributed by atoms with E-state index in [2.05, 4.69) is 10.2 Å². The smallest absolute Gasteiger partial charge is 0.147 e. The first-order valence-electron chi connectivity index (χ1n) is 5.27. The van der Waals surface area contributed by atoms with Gasteiger partial charge in [-0.3, -0.25) is 0 Å². The standard InChI is InChI=1S/C11H12ClFN2/c12-8-1-2-11(9(13)3-8)15-5-7-4-14-10(7)6-15/h1-3,7,10,14H,4-6H2/p+1/t7-,10+/m1/s1. The molecule has 2 fully saturated rings. The van der Waals surface area contributed by atoms with Gasteiger partial charge >= 0.3 is 0 Å². The lowest BCUT2D eigenvalue weighted by Gasteiger charge is -2.24. The molecule has 15 heavy (non-hydrogen) atoms. The molecule has 2 nitrogen and oxygen atoms in total. The van der Waals surface area contributed by atoms with Crippen molar-refractivity contribution in [3.8, 4) is 0 Å². The van der Waals surface area contributed by atoms with Gasteiger partial charge in [-0.2, -0.15) is 0 Å². The maximum absolute atomic E-state index is 13.6. The molecule has 0 saturated carbocycles. The number of rotatable bonds is 1. The molecule has 80 valence electrons. The van der Waals surface area contributed by atoms with Crippen molar-refractivity contribution in [1.29, 1.82) is 0 Å². The Balaban J connectivity index is 1.86. The summed E-state index contributed by atoms with van der Waals surface area (Å²) in [5.41, 5.74) is 0.696. The van der Waals surface area contributed by atoms with Crippen LogP contribution in [-0.2, 0) is 0 Å². The maximum Gasteiger partial charge on any atom is 0.147 e. The highest BCUT2D eigenvalue weighted by Gasteiger charge is 2.44. The van der Waals surface area contributed by atoms with Gasteiger partial charge < -0.3 is 10.2 Å². The van der Waals surface area contributed by atoms with Crippen LogP contribution in [0.1, 0.15) is 0 Å². The van der Waals surface area contributed by atoms with Crippen LogP contribution in [0.4, 0.5) is 10.1 Å². The van der Waals surface area contributed by atoms with Crippen molar-refractivity contribution in [2.75, 3.05) is 24.5 Å². The molecule has 0 amide bonds. The Morgan fingerprint density at radius 3 is 2.80 bits per heavy atom. The molecule has 1 aromatic carbocycles. The van der Waals surface area contributed by atoms with Gasteiger partial charge in [0.1, 0.15) is 11.9 Å². The molecular formula is C11H13ClFN2+. The largest absolute Gasteiger partial charge is 0.362 e. The van der Waals surface area contributed by atoms with E-state index < -0.39 is 0 Å². The third kappa shape index (κ3) is 1.50. The zero-order valence-electron chi connectivity index (χ0n) is 8.29. The van der Waals surface area contributed by atoms with Crippen molar-refractivity contribution in [2.24, 2.45) is 5.92 Å². The summed E-state index contributed by atoms with van der Waals surface area (Å²) in [5.74, 6) is 0.545. The van der Waals surface area contributed by atoms with Crippen molar-refractivity contribution in [2.45, 2.75) is 6.04 Å². The lowest BCUT2D eigenvalue weighted by molar-refractivity contribution is -0.753. The molecule has 0 aromatic heterocycles. The van der Waals surface area contributed by atoms with Gasteiger partial charge in [0.05, 0.1) is 24.7 Å². The first kappa shape index (κ1) is 9.43. The average molecular weight is 228 g/mol. The van der Waals surface area contributed by atoms with Crippen molar-refractivity contribution < 1.29 is 9.71 Å². The molecule has 1 aromatic rings. The SMILES string of the molecule is Fc1cc(Cl)ccc1N1C[C@H]2C[NH2+][C@H]2C1. The molecule has 0 aliphatic carbocycles. The molecule has 3 rings (SSSR count). The fourth-order valence-electron chi connectivity index (χ4n) is 2.50. The monoisotopic (exact) mass is 227 g/mol. The lowest BCUT2D eigenvalue weighted by Crippen LogP contribution is -3.02. The molecule has 0 unspecified atom stereocenters. The van der Waals surface area contributed by atoms with Crippen LogP contribution in [0.15, 0.2) is 18.2 Å². The third-order valence-corrected chi connectivity index (χ3v) is 3.72. The van der Waals surface area contributed by atoms with Gasteiger partial charge in [-0.15, -0.1) is 0 Å². The van der Waals surface area contributed by atoms with E-state index in [-0.39, 0.29) is 5.82 Å². The number of halogens is 2. The summed E-state index contributed by atoms with van der Waals surface area (Å²) >= 11 is 5.73. The molecule has 0 bridgehead atoms. The van der Waals surface area contributed by atoms with Crippen LogP contribution >= 0.6 is 11.6 Å². The van der Waals surface area contributed by atoms with Gasteiger partial charge in [-0.05, 0) is 18.2 Å². The number of hydrogen-bond acceptors (Lipinski definition) is 1. The summed E-state index contributed by atoms with van der Waals surface area (Å²) in [6.07, 6.45) is 0. The molecule has 0 spiro atoms. The Bertz CT molecular complexity index is 384. The fraction of sp³-hybridized carbons (Fsp3) is 0.455. The van der Waals surface area contributed by atoms with Crippen molar-refractivity contribution in [1.82, 2.24) is 0 Å². The van der Waals surface area contributed by atoms with Gasteiger partial charge in [0.15, 0.2) is 0 Å². The Kier molecular flexibility index (Phi) is 2.11. The maximum atomic E-state index is 13.6. The number of anilines is 1. The second-order valence-electron chi connectivity index (χ2n) is 4.40. The highest BCUT2D eigenvalue weighted by molar-refractivity contribution is 6.30. The quantitative estimate of drug-likeness (QED) is 0.755. The van der Waals surface area contributed by atoms with E-state index in [1.54, 1.807) is 12.1 Å². The predicted molar refractivity (Wildman–Crippen MR) is 57.7 cm³/mol. The van der Waals surface area contributed by atoms with E-state index in [1.165, 1.54) is 12.6 Å². The topological polar surface area (TPSA) is 19.9 Å². The van der Waals surface area contributed by atoms with Crippen LogP contribution in [0.2, 0.25) is 5.02 Å². The summed E-state index contributed by atoms with van der Waals surface area (Å²) in [6, 6.07) is 5.60. The Morgan fingerprint density at radius 2 is 2.27 bits per heavy atom. The minimum atomic E-state index is -0.205.